The van der Waals surface area contributed by atoms with Gasteiger partial charge in [0, 0.05) is 19.8 Å². The third kappa shape index (κ3) is 5.27. The van der Waals surface area contributed by atoms with Gasteiger partial charge in [-0.2, -0.15) is 0 Å². The van der Waals surface area contributed by atoms with E-state index in [1.54, 1.807) is 0 Å². The minimum absolute atomic E-state index is 0.0182. The summed E-state index contributed by atoms with van der Waals surface area (Å²) in [5, 5.41) is 0. The predicted molar refractivity (Wildman–Crippen MR) is 97.2 cm³/mol. The zero-order chi connectivity index (χ0) is 20.2. The topological polar surface area (TPSA) is 92.8 Å². The highest BCUT2D eigenvalue weighted by molar-refractivity contribution is 7.92. The van der Waals surface area contributed by atoms with E-state index in [1.165, 1.54) is 56.3 Å². The average Bonchev–Trinajstić information content (AvgIpc) is 2.62. The fourth-order valence-corrected chi connectivity index (χ4v) is 3.27. The lowest BCUT2D eigenvalue weighted by molar-refractivity contribution is -0.137. The van der Waals surface area contributed by atoms with Crippen molar-refractivity contribution < 1.29 is 27.1 Å². The number of hydrogen-bond donors (Lipinski definition) is 1. The Morgan fingerprint density at radius 3 is 2.33 bits per heavy atom. The van der Waals surface area contributed by atoms with Crippen LogP contribution >= 0.6 is 0 Å². The van der Waals surface area contributed by atoms with Gasteiger partial charge in [-0.05, 0) is 49.4 Å². The summed E-state index contributed by atoms with van der Waals surface area (Å²) in [5.41, 5.74) is 0.157. The lowest BCUT2D eigenvalue weighted by Gasteiger charge is -2.17. The van der Waals surface area contributed by atoms with E-state index < -0.39 is 33.8 Å². The van der Waals surface area contributed by atoms with Gasteiger partial charge < -0.3 is 9.64 Å². The van der Waals surface area contributed by atoms with Gasteiger partial charge in [0.1, 0.15) is 5.82 Å². The molecule has 1 atom stereocenters. The van der Waals surface area contributed by atoms with E-state index in [4.69, 9.17) is 4.74 Å². The molecule has 0 aromatic heterocycles. The van der Waals surface area contributed by atoms with Gasteiger partial charge >= 0.3 is 5.97 Å². The minimum atomic E-state index is -4.00. The normalized spacial score (nSPS) is 12.1. The van der Waals surface area contributed by atoms with Crippen molar-refractivity contribution in [1.29, 1.82) is 0 Å². The number of carbonyl (C=O) groups excluding carboxylic acids is 2. The Balaban J connectivity index is 2.19. The number of amides is 1. The average molecular weight is 394 g/mol. The maximum absolute atomic E-state index is 12.9. The molecule has 2 aromatic carbocycles. The van der Waals surface area contributed by atoms with Crippen molar-refractivity contribution in [3.05, 3.63) is 59.9 Å². The fraction of sp³-hybridized carbons (Fsp3) is 0.222. The number of anilines is 1. The van der Waals surface area contributed by atoms with E-state index in [0.29, 0.717) is 0 Å². The smallest absolute Gasteiger partial charge is 0.338 e. The van der Waals surface area contributed by atoms with Crippen molar-refractivity contribution in [2.75, 3.05) is 18.8 Å². The number of halogens is 1. The Bertz CT molecular complexity index is 942. The van der Waals surface area contributed by atoms with Crippen LogP contribution in [0.15, 0.2) is 53.4 Å². The zero-order valence-corrected chi connectivity index (χ0v) is 15.8. The van der Waals surface area contributed by atoms with Crippen LogP contribution < -0.4 is 4.72 Å². The summed E-state index contributed by atoms with van der Waals surface area (Å²) in [4.78, 5) is 25.1. The van der Waals surface area contributed by atoms with Crippen LogP contribution in [0.5, 0.6) is 0 Å². The quantitative estimate of drug-likeness (QED) is 0.759. The number of hydrogen-bond acceptors (Lipinski definition) is 5. The van der Waals surface area contributed by atoms with Crippen molar-refractivity contribution in [3.8, 4) is 0 Å². The number of rotatable bonds is 6. The summed E-state index contributed by atoms with van der Waals surface area (Å²) in [7, 11) is -0.938. The summed E-state index contributed by atoms with van der Waals surface area (Å²) in [5.74, 6) is -1.72. The molecule has 0 aliphatic heterocycles. The van der Waals surface area contributed by atoms with Gasteiger partial charge in [0.05, 0.1) is 10.5 Å². The summed E-state index contributed by atoms with van der Waals surface area (Å²) < 4.78 is 45.2. The van der Waals surface area contributed by atoms with Gasteiger partial charge in [-0.3, -0.25) is 9.52 Å². The summed E-state index contributed by atoms with van der Waals surface area (Å²) >= 11 is 0. The molecule has 0 unspecified atom stereocenters. The maximum atomic E-state index is 12.9. The zero-order valence-electron chi connectivity index (χ0n) is 15.0. The minimum Gasteiger partial charge on any atom is -0.449 e. The van der Waals surface area contributed by atoms with Crippen LogP contribution in [0.4, 0.5) is 10.1 Å². The molecule has 2 aromatic rings. The number of sulfonamides is 1. The van der Waals surface area contributed by atoms with Crippen LogP contribution in [0.3, 0.4) is 0 Å². The third-order valence-corrected chi connectivity index (χ3v) is 4.93. The highest BCUT2D eigenvalue weighted by atomic mass is 32.2. The van der Waals surface area contributed by atoms with Crippen molar-refractivity contribution in [2.45, 2.75) is 17.9 Å². The van der Waals surface area contributed by atoms with E-state index in [9.17, 15) is 22.4 Å². The molecule has 0 radical (unpaired) electrons. The summed E-state index contributed by atoms with van der Waals surface area (Å²) in [6, 6.07) is 10.0. The Labute approximate surface area is 156 Å². The molecular weight excluding hydrogens is 375 g/mol. The van der Waals surface area contributed by atoms with Gasteiger partial charge in [-0.1, -0.05) is 6.07 Å². The molecule has 0 heterocycles. The highest BCUT2D eigenvalue weighted by Gasteiger charge is 2.22. The Kier molecular flexibility index (Phi) is 6.17. The third-order valence-electron chi connectivity index (χ3n) is 3.55. The lowest BCUT2D eigenvalue weighted by Crippen LogP contribution is -2.34. The molecular formula is C18H19FN2O5S. The van der Waals surface area contributed by atoms with Gasteiger partial charge in [-0.15, -0.1) is 0 Å². The molecule has 0 aliphatic rings. The predicted octanol–water partition coefficient (Wildman–Crippen LogP) is 2.26. The largest absolute Gasteiger partial charge is 0.449 e. The number of benzene rings is 2. The monoisotopic (exact) mass is 394 g/mol. The Morgan fingerprint density at radius 2 is 1.74 bits per heavy atom. The van der Waals surface area contributed by atoms with Crippen molar-refractivity contribution in [1.82, 2.24) is 4.90 Å². The number of ether oxygens (including phenoxy) is 1. The molecule has 0 spiro atoms. The molecule has 27 heavy (non-hydrogen) atoms. The lowest BCUT2D eigenvalue weighted by atomic mass is 10.2. The summed E-state index contributed by atoms with van der Waals surface area (Å²) in [6.45, 7) is 1.43. The second-order valence-electron chi connectivity index (χ2n) is 5.92. The van der Waals surface area contributed by atoms with Crippen molar-refractivity contribution in [3.63, 3.8) is 0 Å². The maximum Gasteiger partial charge on any atom is 0.338 e. The Morgan fingerprint density at radius 1 is 1.11 bits per heavy atom. The van der Waals surface area contributed by atoms with Crippen LogP contribution in [0.2, 0.25) is 0 Å². The van der Waals surface area contributed by atoms with Gasteiger partial charge in [-0.25, -0.2) is 17.6 Å². The number of nitrogens with zero attached hydrogens (tertiary/aromatic N) is 1. The van der Waals surface area contributed by atoms with Gasteiger partial charge in [0.15, 0.2) is 6.10 Å². The second-order valence-corrected chi connectivity index (χ2v) is 7.60. The SMILES string of the molecule is C[C@@H](OC(=O)c1cccc(S(=O)(=O)Nc2ccc(F)cc2)c1)C(=O)N(C)C. The standard InChI is InChI=1S/C18H19FN2O5S/c1-12(17(22)21(2)3)26-18(23)13-5-4-6-16(11-13)27(24,25)20-15-9-7-14(19)8-10-15/h4-12,20H,1-3H3/t12-/m1/s1. The number of esters is 1. The first-order valence-electron chi connectivity index (χ1n) is 7.91. The Hall–Kier alpha value is -2.94. The van der Waals surface area contributed by atoms with Crippen LogP contribution in [0.25, 0.3) is 0 Å². The first-order valence-corrected chi connectivity index (χ1v) is 9.39. The molecule has 2 rings (SSSR count). The molecule has 1 N–H and O–H groups in total. The molecule has 0 aliphatic carbocycles. The second kappa shape index (κ2) is 8.17. The number of carbonyl (C=O) groups is 2. The number of likely N-dealkylation sites (N-methyl/N-ethyl adjacent to an activating group) is 1. The number of nitrogens with one attached hydrogen (secondary N) is 1. The van der Waals surface area contributed by atoms with E-state index in [0.717, 1.165) is 18.2 Å². The van der Waals surface area contributed by atoms with E-state index in [1.807, 2.05) is 0 Å². The molecule has 0 bridgehead atoms. The van der Waals surface area contributed by atoms with Crippen LogP contribution in [0.1, 0.15) is 17.3 Å². The molecule has 9 heteroatoms. The fourth-order valence-electron chi connectivity index (χ4n) is 2.16. The molecule has 0 fully saturated rings. The van der Waals surface area contributed by atoms with Crippen LogP contribution in [-0.2, 0) is 19.6 Å². The van der Waals surface area contributed by atoms with Gasteiger partial charge in [0.2, 0.25) is 0 Å². The van der Waals surface area contributed by atoms with Crippen LogP contribution in [-0.4, -0.2) is 45.4 Å². The molecule has 0 saturated heterocycles. The summed E-state index contributed by atoms with van der Waals surface area (Å²) in [6.07, 6.45) is -1.01. The first kappa shape index (κ1) is 20.4. The van der Waals surface area contributed by atoms with E-state index >= 15 is 0 Å². The van der Waals surface area contributed by atoms with E-state index in [-0.39, 0.29) is 16.1 Å². The first-order chi connectivity index (χ1) is 12.6. The van der Waals surface area contributed by atoms with Gasteiger partial charge in [0.25, 0.3) is 15.9 Å². The highest BCUT2D eigenvalue weighted by Crippen LogP contribution is 2.18. The molecule has 7 nitrogen and oxygen atoms in total. The van der Waals surface area contributed by atoms with E-state index in [2.05, 4.69) is 4.72 Å². The molecule has 1 amide bonds. The molecule has 0 saturated carbocycles. The van der Waals surface area contributed by atoms with Crippen LogP contribution in [0, 0.1) is 5.82 Å². The van der Waals surface area contributed by atoms with Crippen molar-refractivity contribution >= 4 is 27.6 Å². The molecule has 144 valence electrons. The van der Waals surface area contributed by atoms with Crippen molar-refractivity contribution in [2.24, 2.45) is 0 Å².